The molecule has 3 N–H and O–H groups in total. The zero-order valence-electron chi connectivity index (χ0n) is 14.9. The molecule has 134 valence electrons. The molecule has 0 aliphatic heterocycles. The lowest BCUT2D eigenvalue weighted by molar-refractivity contribution is 0.0529. The van der Waals surface area contributed by atoms with Crippen LogP contribution in [0.1, 0.15) is 40.0 Å². The minimum atomic E-state index is -0.476. The topological polar surface area (TPSA) is 84.0 Å². The molecule has 0 saturated heterocycles. The summed E-state index contributed by atoms with van der Waals surface area (Å²) < 4.78 is 10.7. The summed E-state index contributed by atoms with van der Waals surface area (Å²) in [5.41, 5.74) is -0.476. The van der Waals surface area contributed by atoms with Crippen LogP contribution in [-0.4, -0.2) is 57.5 Å². The highest BCUT2D eigenvalue weighted by atomic mass is 16.6. The number of nitrogens with zero attached hydrogens (tertiary/aromatic N) is 1. The van der Waals surface area contributed by atoms with Crippen LogP contribution >= 0.6 is 0 Å². The monoisotopic (exact) mass is 328 g/mol. The standard InChI is InChI=1S/C16H32N4O3/c1-16(2,3)23-15(21)20-10-9-19-14(17-4)18-8-5-11-22-12-13-6-7-13/h13H,5-12H2,1-4H3,(H,20,21)(H2,17,18,19). The first kappa shape index (κ1) is 19.5. The van der Waals surface area contributed by atoms with Gasteiger partial charge in [0, 0.05) is 39.9 Å². The van der Waals surface area contributed by atoms with E-state index in [-0.39, 0.29) is 0 Å². The maximum Gasteiger partial charge on any atom is 0.407 e. The Balaban J connectivity index is 1.97. The molecule has 23 heavy (non-hydrogen) atoms. The number of hydrogen-bond acceptors (Lipinski definition) is 4. The van der Waals surface area contributed by atoms with E-state index in [1.165, 1.54) is 12.8 Å². The van der Waals surface area contributed by atoms with E-state index in [9.17, 15) is 4.79 Å². The summed E-state index contributed by atoms with van der Waals surface area (Å²) in [5, 5.41) is 9.04. The van der Waals surface area contributed by atoms with Crippen LogP contribution in [0.3, 0.4) is 0 Å². The first-order chi connectivity index (χ1) is 10.9. The zero-order valence-corrected chi connectivity index (χ0v) is 14.9. The van der Waals surface area contributed by atoms with Gasteiger partial charge in [-0.3, -0.25) is 4.99 Å². The van der Waals surface area contributed by atoms with Gasteiger partial charge >= 0.3 is 6.09 Å². The number of nitrogens with one attached hydrogen (secondary N) is 3. The van der Waals surface area contributed by atoms with Gasteiger partial charge in [0.25, 0.3) is 0 Å². The van der Waals surface area contributed by atoms with Crippen molar-refractivity contribution in [3.8, 4) is 0 Å². The molecule has 1 rings (SSSR count). The summed E-state index contributed by atoms with van der Waals surface area (Å²) in [6.45, 7) is 9.06. The number of ether oxygens (including phenoxy) is 2. The van der Waals surface area contributed by atoms with Crippen molar-refractivity contribution in [3.63, 3.8) is 0 Å². The number of amides is 1. The quantitative estimate of drug-likeness (QED) is 0.339. The van der Waals surface area contributed by atoms with Crippen LogP contribution in [0.25, 0.3) is 0 Å². The molecular formula is C16H32N4O3. The summed E-state index contributed by atoms with van der Waals surface area (Å²) in [6.07, 6.45) is 3.19. The van der Waals surface area contributed by atoms with Crippen molar-refractivity contribution in [2.45, 2.75) is 45.6 Å². The Bertz CT molecular complexity index is 376. The van der Waals surface area contributed by atoms with Crippen LogP contribution in [0.5, 0.6) is 0 Å². The predicted octanol–water partition coefficient (Wildman–Crippen LogP) is 1.49. The molecule has 1 amide bonds. The number of hydrogen-bond donors (Lipinski definition) is 3. The number of carbonyl (C=O) groups excluding carboxylic acids is 1. The first-order valence-corrected chi connectivity index (χ1v) is 8.40. The highest BCUT2D eigenvalue weighted by Gasteiger charge is 2.20. The zero-order chi connectivity index (χ0) is 17.1. The number of aliphatic imine (C=N–C) groups is 1. The van der Waals surface area contributed by atoms with Crippen LogP contribution < -0.4 is 16.0 Å². The fourth-order valence-corrected chi connectivity index (χ4v) is 1.80. The largest absolute Gasteiger partial charge is 0.444 e. The number of carbonyl (C=O) groups is 1. The Labute approximate surface area is 139 Å². The predicted molar refractivity (Wildman–Crippen MR) is 91.8 cm³/mol. The lowest BCUT2D eigenvalue weighted by Crippen LogP contribution is -2.42. The minimum Gasteiger partial charge on any atom is -0.444 e. The van der Waals surface area contributed by atoms with E-state index in [0.29, 0.717) is 13.1 Å². The lowest BCUT2D eigenvalue weighted by Gasteiger charge is -2.19. The molecule has 7 nitrogen and oxygen atoms in total. The highest BCUT2D eigenvalue weighted by Crippen LogP contribution is 2.28. The Morgan fingerprint density at radius 3 is 2.39 bits per heavy atom. The number of guanidine groups is 1. The van der Waals surface area contributed by atoms with Gasteiger partial charge in [-0.05, 0) is 46.0 Å². The van der Waals surface area contributed by atoms with Crippen LogP contribution in [0.4, 0.5) is 4.79 Å². The maximum atomic E-state index is 11.5. The highest BCUT2D eigenvalue weighted by molar-refractivity contribution is 5.79. The third-order valence-corrected chi connectivity index (χ3v) is 3.12. The van der Waals surface area contributed by atoms with Crippen LogP contribution in [0.2, 0.25) is 0 Å². The van der Waals surface area contributed by atoms with E-state index in [1.807, 2.05) is 20.8 Å². The van der Waals surface area contributed by atoms with E-state index in [1.54, 1.807) is 7.05 Å². The average Bonchev–Trinajstić information content (AvgIpc) is 3.27. The van der Waals surface area contributed by atoms with Crippen LogP contribution in [-0.2, 0) is 9.47 Å². The smallest absolute Gasteiger partial charge is 0.407 e. The third kappa shape index (κ3) is 11.7. The van der Waals surface area contributed by atoms with Crippen molar-refractivity contribution in [2.75, 3.05) is 39.9 Å². The second kappa shape index (κ2) is 10.3. The molecule has 0 atom stereocenters. The third-order valence-electron chi connectivity index (χ3n) is 3.12. The molecule has 0 spiro atoms. The Kier molecular flexibility index (Phi) is 8.76. The van der Waals surface area contributed by atoms with Crippen molar-refractivity contribution in [3.05, 3.63) is 0 Å². The summed E-state index contributed by atoms with van der Waals surface area (Å²) in [4.78, 5) is 15.6. The first-order valence-electron chi connectivity index (χ1n) is 8.40. The van der Waals surface area contributed by atoms with Crippen LogP contribution in [0.15, 0.2) is 4.99 Å². The van der Waals surface area contributed by atoms with Gasteiger partial charge in [-0.1, -0.05) is 0 Å². The fraction of sp³-hybridized carbons (Fsp3) is 0.875. The molecule has 0 aromatic rings. The van der Waals surface area contributed by atoms with E-state index in [4.69, 9.17) is 9.47 Å². The molecule has 0 bridgehead atoms. The second-order valence-corrected chi connectivity index (χ2v) is 6.73. The minimum absolute atomic E-state index is 0.407. The molecule has 0 unspecified atom stereocenters. The molecule has 0 radical (unpaired) electrons. The van der Waals surface area contributed by atoms with E-state index >= 15 is 0 Å². The molecule has 0 heterocycles. The molecule has 1 fully saturated rings. The fourth-order valence-electron chi connectivity index (χ4n) is 1.80. The lowest BCUT2D eigenvalue weighted by atomic mass is 10.2. The molecule has 7 heteroatoms. The van der Waals surface area contributed by atoms with Crippen molar-refractivity contribution in [1.82, 2.24) is 16.0 Å². The van der Waals surface area contributed by atoms with Gasteiger partial charge in [-0.15, -0.1) is 0 Å². The summed E-state index contributed by atoms with van der Waals surface area (Å²) in [5.74, 6) is 1.54. The van der Waals surface area contributed by atoms with Crippen molar-refractivity contribution >= 4 is 12.1 Å². The maximum absolute atomic E-state index is 11.5. The summed E-state index contributed by atoms with van der Waals surface area (Å²) in [6, 6.07) is 0. The normalized spacial score (nSPS) is 15.2. The molecule has 0 aromatic carbocycles. The van der Waals surface area contributed by atoms with Crippen LogP contribution in [0, 0.1) is 5.92 Å². The molecule has 1 aliphatic carbocycles. The van der Waals surface area contributed by atoms with Gasteiger partial charge < -0.3 is 25.4 Å². The van der Waals surface area contributed by atoms with Crippen molar-refractivity contribution in [1.29, 1.82) is 0 Å². The van der Waals surface area contributed by atoms with Gasteiger partial charge in [-0.2, -0.15) is 0 Å². The number of alkyl carbamates (subject to hydrolysis) is 1. The summed E-state index contributed by atoms with van der Waals surface area (Å²) in [7, 11) is 1.72. The second-order valence-electron chi connectivity index (χ2n) is 6.73. The Morgan fingerprint density at radius 2 is 1.78 bits per heavy atom. The number of rotatable bonds is 9. The molecule has 0 aromatic heterocycles. The Morgan fingerprint density at radius 1 is 1.13 bits per heavy atom. The van der Waals surface area contributed by atoms with Gasteiger partial charge in [0.2, 0.25) is 0 Å². The van der Waals surface area contributed by atoms with E-state index < -0.39 is 11.7 Å². The SMILES string of the molecule is CN=C(NCCCOCC1CC1)NCCNC(=O)OC(C)(C)C. The van der Waals surface area contributed by atoms with Gasteiger partial charge in [0.05, 0.1) is 0 Å². The average molecular weight is 328 g/mol. The molecular weight excluding hydrogens is 296 g/mol. The molecule has 1 saturated carbocycles. The molecule has 1 aliphatic rings. The van der Waals surface area contributed by atoms with Crippen molar-refractivity contribution < 1.29 is 14.3 Å². The Hall–Kier alpha value is -1.50. The van der Waals surface area contributed by atoms with E-state index in [0.717, 1.165) is 38.1 Å². The van der Waals surface area contributed by atoms with Gasteiger partial charge in [0.1, 0.15) is 5.60 Å². The van der Waals surface area contributed by atoms with Crippen molar-refractivity contribution in [2.24, 2.45) is 10.9 Å². The summed E-state index contributed by atoms with van der Waals surface area (Å²) >= 11 is 0. The van der Waals surface area contributed by atoms with Gasteiger partial charge in [-0.25, -0.2) is 4.79 Å². The van der Waals surface area contributed by atoms with Gasteiger partial charge in [0.15, 0.2) is 5.96 Å². The van der Waals surface area contributed by atoms with E-state index in [2.05, 4.69) is 20.9 Å².